The molecule has 6 rings (SSSR count). The topological polar surface area (TPSA) is 121 Å². The fourth-order valence-corrected chi connectivity index (χ4v) is 6.62. The number of para-hydroxylation sites is 1. The van der Waals surface area contributed by atoms with Crippen LogP contribution in [0, 0.1) is 5.82 Å². The Balaban J connectivity index is 1.27. The van der Waals surface area contributed by atoms with Crippen LogP contribution in [0.4, 0.5) is 15.8 Å². The van der Waals surface area contributed by atoms with E-state index in [0.29, 0.717) is 67.6 Å². The van der Waals surface area contributed by atoms with Gasteiger partial charge < -0.3 is 39.3 Å². The second-order valence-corrected chi connectivity index (χ2v) is 11.9. The molecule has 11 nitrogen and oxygen atoms in total. The SMILES string of the molecule is COC(=O)c1cc(F)c(-c2cccc3c2OCN(C(=O)c2c(Cl)cc(N4CCN[C@@H](C(=O)O)C4)cc2Cl)C3)cc1N1CCOCC1. The summed E-state index contributed by atoms with van der Waals surface area (Å²) in [4.78, 5) is 43.0. The lowest BCUT2D eigenvalue weighted by Gasteiger charge is -2.34. The number of amides is 1. The van der Waals surface area contributed by atoms with Crippen LogP contribution in [0.2, 0.25) is 10.0 Å². The number of carbonyl (C=O) groups is 3. The number of fused-ring (bicyclic) bond motifs is 1. The van der Waals surface area contributed by atoms with Crippen molar-refractivity contribution in [1.29, 1.82) is 0 Å². The molecule has 0 aromatic heterocycles. The van der Waals surface area contributed by atoms with Gasteiger partial charge in [-0.15, -0.1) is 0 Å². The Morgan fingerprint density at radius 3 is 2.46 bits per heavy atom. The lowest BCUT2D eigenvalue weighted by molar-refractivity contribution is -0.139. The Hall–Kier alpha value is -4.10. The molecule has 1 atom stereocenters. The first kappa shape index (κ1) is 31.9. The van der Waals surface area contributed by atoms with Gasteiger partial charge in [0.2, 0.25) is 0 Å². The van der Waals surface area contributed by atoms with E-state index in [4.69, 9.17) is 37.4 Å². The highest BCUT2D eigenvalue weighted by Gasteiger charge is 2.31. The van der Waals surface area contributed by atoms with Crippen LogP contribution in [0.15, 0.2) is 42.5 Å². The molecular formula is C32H31Cl2FN4O7. The molecule has 0 unspecified atom stereocenters. The number of hydrogen-bond acceptors (Lipinski definition) is 9. The van der Waals surface area contributed by atoms with E-state index in [1.165, 1.54) is 18.1 Å². The quantitative estimate of drug-likeness (QED) is 0.367. The summed E-state index contributed by atoms with van der Waals surface area (Å²) < 4.78 is 32.1. The highest BCUT2D eigenvalue weighted by atomic mass is 35.5. The molecule has 0 radical (unpaired) electrons. The number of rotatable bonds is 6. The van der Waals surface area contributed by atoms with E-state index >= 15 is 4.39 Å². The van der Waals surface area contributed by atoms with Gasteiger partial charge in [0.25, 0.3) is 5.91 Å². The van der Waals surface area contributed by atoms with Crippen molar-refractivity contribution in [3.05, 3.63) is 75.0 Å². The Labute approximate surface area is 274 Å². The Kier molecular flexibility index (Phi) is 9.23. The highest BCUT2D eigenvalue weighted by Crippen LogP contribution is 2.41. The van der Waals surface area contributed by atoms with Gasteiger partial charge in [-0.2, -0.15) is 0 Å². The van der Waals surface area contributed by atoms with Gasteiger partial charge in [-0.05, 0) is 24.3 Å². The van der Waals surface area contributed by atoms with Gasteiger partial charge in [0.05, 0.1) is 53.7 Å². The first-order valence-corrected chi connectivity index (χ1v) is 15.4. The second-order valence-electron chi connectivity index (χ2n) is 11.1. The summed E-state index contributed by atoms with van der Waals surface area (Å²) in [5.41, 5.74) is 2.72. The largest absolute Gasteiger partial charge is 0.480 e. The fraction of sp³-hybridized carbons (Fsp3) is 0.344. The molecule has 0 bridgehead atoms. The monoisotopic (exact) mass is 672 g/mol. The van der Waals surface area contributed by atoms with Crippen LogP contribution in [-0.2, 0) is 20.8 Å². The molecule has 0 saturated carbocycles. The number of hydrogen-bond donors (Lipinski definition) is 2. The molecule has 3 aromatic rings. The molecule has 1 amide bonds. The lowest BCUT2D eigenvalue weighted by atomic mass is 9.97. The van der Waals surface area contributed by atoms with Gasteiger partial charge in [-0.1, -0.05) is 41.4 Å². The average molecular weight is 674 g/mol. The number of carboxylic acids is 1. The third kappa shape index (κ3) is 6.17. The van der Waals surface area contributed by atoms with Crippen LogP contribution in [0.1, 0.15) is 26.3 Å². The van der Waals surface area contributed by atoms with Gasteiger partial charge in [0.1, 0.15) is 17.6 Å². The smallest absolute Gasteiger partial charge is 0.340 e. The van der Waals surface area contributed by atoms with Crippen molar-refractivity contribution in [3.63, 3.8) is 0 Å². The van der Waals surface area contributed by atoms with Crippen molar-refractivity contribution in [3.8, 4) is 16.9 Å². The zero-order valence-corrected chi connectivity index (χ0v) is 26.4. The van der Waals surface area contributed by atoms with Gasteiger partial charge in [-0.3, -0.25) is 9.59 Å². The van der Waals surface area contributed by atoms with E-state index < -0.39 is 29.7 Å². The van der Waals surface area contributed by atoms with Crippen LogP contribution >= 0.6 is 23.2 Å². The number of morpholine rings is 1. The maximum atomic E-state index is 15.7. The van der Waals surface area contributed by atoms with Crippen LogP contribution in [0.3, 0.4) is 0 Å². The summed E-state index contributed by atoms with van der Waals surface area (Å²) >= 11 is 13.2. The summed E-state index contributed by atoms with van der Waals surface area (Å²) in [7, 11) is 1.25. The predicted octanol–water partition coefficient (Wildman–Crippen LogP) is 4.28. The molecule has 0 spiro atoms. The van der Waals surface area contributed by atoms with Crippen LogP contribution in [0.5, 0.6) is 5.75 Å². The first-order valence-electron chi connectivity index (χ1n) is 14.6. The number of nitrogens with one attached hydrogen (secondary N) is 1. The summed E-state index contributed by atoms with van der Waals surface area (Å²) in [5, 5.41) is 12.6. The van der Waals surface area contributed by atoms with E-state index in [2.05, 4.69) is 5.32 Å². The minimum absolute atomic E-state index is 0.0970. The average Bonchev–Trinajstić information content (AvgIpc) is 3.07. The Morgan fingerprint density at radius 2 is 1.76 bits per heavy atom. The number of methoxy groups -OCH3 is 1. The minimum atomic E-state index is -0.958. The molecule has 2 N–H and O–H groups in total. The number of halogens is 3. The first-order chi connectivity index (χ1) is 22.2. The zero-order chi connectivity index (χ0) is 32.5. The Morgan fingerprint density at radius 1 is 1.02 bits per heavy atom. The molecule has 0 aliphatic carbocycles. The third-order valence-corrected chi connectivity index (χ3v) is 8.92. The van der Waals surface area contributed by atoms with Crippen molar-refractivity contribution in [2.45, 2.75) is 12.6 Å². The number of aliphatic carboxylic acids is 1. The molecule has 14 heteroatoms. The molecule has 3 heterocycles. The molecular weight excluding hydrogens is 642 g/mol. The van der Waals surface area contributed by atoms with E-state index in [1.807, 2.05) is 9.80 Å². The molecule has 3 aromatic carbocycles. The van der Waals surface area contributed by atoms with Gasteiger partial charge >= 0.3 is 11.9 Å². The number of nitrogens with zero attached hydrogens (tertiary/aromatic N) is 3. The number of carbonyl (C=O) groups excluding carboxylic acids is 2. The van der Waals surface area contributed by atoms with Gasteiger partial charge in [0, 0.05) is 55.1 Å². The number of carboxylic acid groups (broad SMARTS) is 1. The molecule has 242 valence electrons. The third-order valence-electron chi connectivity index (χ3n) is 8.32. The number of benzene rings is 3. The van der Waals surface area contributed by atoms with E-state index in [1.54, 1.807) is 36.4 Å². The van der Waals surface area contributed by atoms with E-state index in [9.17, 15) is 19.5 Å². The fourth-order valence-electron chi connectivity index (χ4n) is 5.98. The summed E-state index contributed by atoms with van der Waals surface area (Å²) in [6.45, 7) is 3.22. The number of esters is 1. The minimum Gasteiger partial charge on any atom is -0.480 e. The summed E-state index contributed by atoms with van der Waals surface area (Å²) in [6.07, 6.45) is 0. The molecule has 3 aliphatic heterocycles. The second kappa shape index (κ2) is 13.3. The maximum Gasteiger partial charge on any atom is 0.340 e. The zero-order valence-electron chi connectivity index (χ0n) is 24.9. The van der Waals surface area contributed by atoms with Crippen LogP contribution in [-0.4, -0.2) is 93.7 Å². The van der Waals surface area contributed by atoms with Crippen molar-refractivity contribution in [2.75, 3.05) is 69.6 Å². The highest BCUT2D eigenvalue weighted by molar-refractivity contribution is 6.40. The van der Waals surface area contributed by atoms with Gasteiger partial charge in [0.15, 0.2) is 6.73 Å². The van der Waals surface area contributed by atoms with Gasteiger partial charge in [-0.25, -0.2) is 9.18 Å². The molecule has 2 fully saturated rings. The van der Waals surface area contributed by atoms with Crippen LogP contribution in [0.25, 0.3) is 11.1 Å². The summed E-state index contributed by atoms with van der Waals surface area (Å²) in [5.74, 6) is -2.25. The predicted molar refractivity (Wildman–Crippen MR) is 170 cm³/mol. The standard InChI is InChI=1S/C32H31Cl2FN4O7/c1-44-32(43)22-13-25(35)21(14-27(22)37-7-9-45-10-8-37)20-4-2-3-18-15-39(17-46-29(18)20)30(40)28-23(33)11-19(12-24(28)34)38-6-5-36-26(16-38)31(41)42/h2-4,11-14,26,36H,5-10,15-17H2,1H3,(H,41,42)/t26-/m1/s1. The molecule has 3 aliphatic rings. The number of anilines is 2. The maximum absolute atomic E-state index is 15.7. The summed E-state index contributed by atoms with van der Waals surface area (Å²) in [6, 6.07) is 10.5. The number of ether oxygens (including phenoxy) is 3. The van der Waals surface area contributed by atoms with Crippen molar-refractivity contribution in [2.24, 2.45) is 0 Å². The Bertz CT molecular complexity index is 1680. The molecule has 46 heavy (non-hydrogen) atoms. The van der Waals surface area contributed by atoms with Crippen molar-refractivity contribution < 1.29 is 38.1 Å². The van der Waals surface area contributed by atoms with Crippen LogP contribution < -0.4 is 19.9 Å². The van der Waals surface area contributed by atoms with Crippen molar-refractivity contribution >= 4 is 52.4 Å². The molecule has 2 saturated heterocycles. The lowest BCUT2D eigenvalue weighted by Crippen LogP contribution is -2.54. The normalized spacial score (nSPS) is 18.1. The van der Waals surface area contributed by atoms with E-state index in [-0.39, 0.29) is 46.6 Å². The number of piperazine rings is 1. The van der Waals surface area contributed by atoms with Crippen molar-refractivity contribution in [1.82, 2.24) is 10.2 Å². The van der Waals surface area contributed by atoms with E-state index in [0.717, 1.165) is 0 Å².